The van der Waals surface area contributed by atoms with E-state index in [0.717, 1.165) is 6.42 Å². The van der Waals surface area contributed by atoms with Crippen molar-refractivity contribution in [1.82, 2.24) is 16.0 Å². The molecule has 0 aromatic rings. The predicted molar refractivity (Wildman–Crippen MR) is 156 cm³/mol. The van der Waals surface area contributed by atoms with Gasteiger partial charge in [0, 0.05) is 24.9 Å². The van der Waals surface area contributed by atoms with Crippen LogP contribution in [-0.4, -0.2) is 61.6 Å². The van der Waals surface area contributed by atoms with E-state index in [0.29, 0.717) is 26.1 Å². The van der Waals surface area contributed by atoms with E-state index in [1.165, 1.54) is 0 Å². The van der Waals surface area contributed by atoms with Crippen molar-refractivity contribution in [2.75, 3.05) is 26.9 Å². The normalized spacial score (nSPS) is 13.8. The van der Waals surface area contributed by atoms with Gasteiger partial charge in [0.05, 0.1) is 13.2 Å². The summed E-state index contributed by atoms with van der Waals surface area (Å²) in [7, 11) is 1.85. The molecular formula is C30H59N3O6. The van der Waals surface area contributed by atoms with Crippen LogP contribution in [0.2, 0.25) is 0 Å². The van der Waals surface area contributed by atoms with Gasteiger partial charge in [-0.25, -0.2) is 0 Å². The minimum atomic E-state index is -0.891. The van der Waals surface area contributed by atoms with Crippen LogP contribution in [0, 0.1) is 16.2 Å². The third kappa shape index (κ3) is 17.0. The van der Waals surface area contributed by atoms with Gasteiger partial charge in [-0.2, -0.15) is 0 Å². The van der Waals surface area contributed by atoms with Gasteiger partial charge in [0.1, 0.15) is 23.0 Å². The molecule has 230 valence electrons. The number of amides is 2. The minimum Gasteiger partial charge on any atom is -0.361 e. The van der Waals surface area contributed by atoms with Crippen molar-refractivity contribution in [1.29, 1.82) is 0 Å². The summed E-state index contributed by atoms with van der Waals surface area (Å²) >= 11 is 0. The largest absolute Gasteiger partial charge is 0.361 e. The molecule has 0 radical (unpaired) electrons. The van der Waals surface area contributed by atoms with Crippen LogP contribution in [0.5, 0.6) is 0 Å². The summed E-state index contributed by atoms with van der Waals surface area (Å²) in [5, 5.41) is 9.01. The average molecular weight is 558 g/mol. The van der Waals surface area contributed by atoms with Crippen molar-refractivity contribution >= 4 is 17.6 Å². The Hall–Kier alpha value is -1.55. The zero-order valence-electron chi connectivity index (χ0n) is 27.4. The molecule has 0 heterocycles. The number of ether oxygens (including phenoxy) is 3. The Labute approximate surface area is 238 Å². The molecule has 9 nitrogen and oxygen atoms in total. The molecule has 0 fully saturated rings. The first-order valence-electron chi connectivity index (χ1n) is 14.1. The molecule has 0 atom stereocenters. The van der Waals surface area contributed by atoms with Crippen molar-refractivity contribution in [3.8, 4) is 0 Å². The van der Waals surface area contributed by atoms with Crippen LogP contribution in [0.15, 0.2) is 0 Å². The van der Waals surface area contributed by atoms with Gasteiger partial charge in [-0.15, -0.1) is 0 Å². The fourth-order valence-electron chi connectivity index (χ4n) is 3.61. The van der Waals surface area contributed by atoms with Crippen LogP contribution in [0.1, 0.15) is 116 Å². The zero-order valence-corrected chi connectivity index (χ0v) is 27.4. The van der Waals surface area contributed by atoms with Crippen LogP contribution in [0.25, 0.3) is 0 Å². The highest BCUT2D eigenvalue weighted by Crippen LogP contribution is 2.28. The molecule has 2 amide bonds. The molecule has 9 heteroatoms. The first-order valence-corrected chi connectivity index (χ1v) is 14.1. The Balaban J connectivity index is 4.71. The average Bonchev–Trinajstić information content (AvgIpc) is 2.69. The second-order valence-corrected chi connectivity index (χ2v) is 14.5. The smallest absolute Gasteiger partial charge is 0.222 e. The lowest BCUT2D eigenvalue weighted by molar-refractivity contribution is -0.142. The number of rotatable bonds is 19. The number of hydrogen-bond acceptors (Lipinski definition) is 7. The van der Waals surface area contributed by atoms with E-state index in [2.05, 4.69) is 16.0 Å². The molecule has 0 rings (SSSR count). The summed E-state index contributed by atoms with van der Waals surface area (Å²) in [6.07, 6.45) is 1.87. The first-order chi connectivity index (χ1) is 17.3. The van der Waals surface area contributed by atoms with E-state index in [1.54, 1.807) is 20.8 Å². The van der Waals surface area contributed by atoms with E-state index >= 15 is 0 Å². The van der Waals surface area contributed by atoms with Gasteiger partial charge < -0.3 is 24.8 Å². The van der Waals surface area contributed by atoms with E-state index < -0.39 is 28.0 Å². The molecule has 0 bridgehead atoms. The third-order valence-electron chi connectivity index (χ3n) is 6.97. The van der Waals surface area contributed by atoms with Gasteiger partial charge in [-0.3, -0.25) is 19.7 Å². The number of carbonyl (C=O) groups excluding carboxylic acids is 3. The van der Waals surface area contributed by atoms with Gasteiger partial charge in [0.2, 0.25) is 11.8 Å². The lowest BCUT2D eigenvalue weighted by Crippen LogP contribution is -2.49. The van der Waals surface area contributed by atoms with Crippen molar-refractivity contribution < 1.29 is 28.6 Å². The molecule has 0 saturated carbocycles. The molecule has 39 heavy (non-hydrogen) atoms. The number of Topliss-reactive ketones (excluding diaryl/α,β-unsaturated/α-hetero) is 1. The molecule has 0 aromatic heterocycles. The summed E-state index contributed by atoms with van der Waals surface area (Å²) in [5.41, 5.74) is -3.34. The van der Waals surface area contributed by atoms with Gasteiger partial charge in [-0.05, 0) is 79.2 Å². The lowest BCUT2D eigenvalue weighted by Gasteiger charge is -2.34. The number of carbonyl (C=O) groups is 3. The summed E-state index contributed by atoms with van der Waals surface area (Å²) in [6, 6.07) is 0. The van der Waals surface area contributed by atoms with E-state index in [-0.39, 0.29) is 36.0 Å². The summed E-state index contributed by atoms with van der Waals surface area (Å²) in [4.78, 5) is 37.3. The van der Waals surface area contributed by atoms with Crippen LogP contribution >= 0.6 is 0 Å². The Morgan fingerprint density at radius 1 is 0.590 bits per heavy atom. The molecule has 3 N–H and O–H groups in total. The molecule has 0 spiro atoms. The standard InChI is InChI=1S/C30H59N3O6/c1-22(34)27(6,7)16-18-38-29(10,11)32-24(36)20-26(4,5)21-39-30(12,13)33-23(35)19-25(2,3)15-17-37-28(8,9)31-14/h31H,15-21H2,1-14H3,(H,32,36)(H,33,35). The van der Waals surface area contributed by atoms with Crippen LogP contribution in [0.4, 0.5) is 0 Å². The molecule has 0 aromatic carbocycles. The molecule has 0 saturated heterocycles. The molecule has 0 aliphatic heterocycles. The molecule has 0 aliphatic rings. The van der Waals surface area contributed by atoms with Gasteiger partial charge >= 0.3 is 0 Å². The van der Waals surface area contributed by atoms with Crippen molar-refractivity contribution in [2.24, 2.45) is 16.2 Å². The number of nitrogens with one attached hydrogen (secondary N) is 3. The Morgan fingerprint density at radius 3 is 1.46 bits per heavy atom. The maximum Gasteiger partial charge on any atom is 0.222 e. The second kappa shape index (κ2) is 14.4. The predicted octanol–water partition coefficient (Wildman–Crippen LogP) is 4.92. The Morgan fingerprint density at radius 2 is 1.00 bits per heavy atom. The van der Waals surface area contributed by atoms with E-state index in [4.69, 9.17) is 14.2 Å². The highest BCUT2D eigenvalue weighted by molar-refractivity contribution is 5.81. The summed E-state index contributed by atoms with van der Waals surface area (Å²) < 4.78 is 17.8. The topological polar surface area (TPSA) is 115 Å². The molecule has 0 unspecified atom stereocenters. The van der Waals surface area contributed by atoms with E-state index in [9.17, 15) is 14.4 Å². The maximum absolute atomic E-state index is 12.8. The van der Waals surface area contributed by atoms with Crippen molar-refractivity contribution in [2.45, 2.75) is 133 Å². The number of ketones is 1. The second-order valence-electron chi connectivity index (χ2n) is 14.5. The minimum absolute atomic E-state index is 0.0970. The van der Waals surface area contributed by atoms with Gasteiger partial charge in [0.25, 0.3) is 0 Å². The Kier molecular flexibility index (Phi) is 13.8. The zero-order chi connectivity index (χ0) is 30.9. The quantitative estimate of drug-likeness (QED) is 0.193. The summed E-state index contributed by atoms with van der Waals surface area (Å²) in [6.45, 7) is 25.7. The Bertz CT molecular complexity index is 816. The van der Waals surface area contributed by atoms with Gasteiger partial charge in [0.15, 0.2) is 0 Å². The fraction of sp³-hybridized carbons (Fsp3) is 0.900. The highest BCUT2D eigenvalue weighted by atomic mass is 16.5. The fourth-order valence-corrected chi connectivity index (χ4v) is 3.61. The summed E-state index contributed by atoms with van der Waals surface area (Å²) in [5.74, 6) is -0.150. The third-order valence-corrected chi connectivity index (χ3v) is 6.97. The van der Waals surface area contributed by atoms with E-state index in [1.807, 2.05) is 76.3 Å². The lowest BCUT2D eigenvalue weighted by atomic mass is 9.85. The highest BCUT2D eigenvalue weighted by Gasteiger charge is 2.32. The van der Waals surface area contributed by atoms with Crippen molar-refractivity contribution in [3.63, 3.8) is 0 Å². The van der Waals surface area contributed by atoms with Crippen LogP contribution < -0.4 is 16.0 Å². The molecule has 0 aliphatic carbocycles. The van der Waals surface area contributed by atoms with Crippen LogP contribution in [0.3, 0.4) is 0 Å². The van der Waals surface area contributed by atoms with Gasteiger partial charge in [-0.1, -0.05) is 41.5 Å². The monoisotopic (exact) mass is 557 g/mol. The van der Waals surface area contributed by atoms with Crippen molar-refractivity contribution in [3.05, 3.63) is 0 Å². The SMILES string of the molecule is CNC(C)(C)OCCC(C)(C)CC(=O)NC(C)(C)OCC(C)(C)CC(=O)NC(C)(C)OCCC(C)(C)C(C)=O. The number of hydrogen-bond donors (Lipinski definition) is 3. The first kappa shape index (κ1) is 37.5. The molecular weight excluding hydrogens is 498 g/mol. The maximum atomic E-state index is 12.8. The van der Waals surface area contributed by atoms with Crippen LogP contribution in [-0.2, 0) is 28.6 Å².